The van der Waals surface area contributed by atoms with Crippen molar-refractivity contribution in [3.63, 3.8) is 0 Å². The molecule has 0 radical (unpaired) electrons. The van der Waals surface area contributed by atoms with Crippen molar-refractivity contribution >= 4 is 11.5 Å². The SMILES string of the molecule is COc1cccc(CN(C)c2cccc(F)c2C(C)=O)c1. The van der Waals surface area contributed by atoms with Gasteiger partial charge in [0.15, 0.2) is 5.78 Å². The molecule has 2 aromatic rings. The predicted molar refractivity (Wildman–Crippen MR) is 81.5 cm³/mol. The smallest absolute Gasteiger partial charge is 0.164 e. The third kappa shape index (κ3) is 3.40. The summed E-state index contributed by atoms with van der Waals surface area (Å²) in [7, 11) is 3.45. The molecule has 0 N–H and O–H groups in total. The number of ketones is 1. The zero-order valence-electron chi connectivity index (χ0n) is 12.4. The molecule has 0 aliphatic heterocycles. The number of Topliss-reactive ketones (excluding diaryl/α,β-unsaturated/α-hetero) is 1. The number of methoxy groups -OCH3 is 1. The van der Waals surface area contributed by atoms with Gasteiger partial charge in [-0.15, -0.1) is 0 Å². The number of rotatable bonds is 5. The van der Waals surface area contributed by atoms with Crippen LogP contribution in [0.1, 0.15) is 22.8 Å². The monoisotopic (exact) mass is 287 g/mol. The van der Waals surface area contributed by atoms with E-state index >= 15 is 0 Å². The quantitative estimate of drug-likeness (QED) is 0.786. The van der Waals surface area contributed by atoms with Crippen LogP contribution in [0, 0.1) is 5.82 Å². The highest BCUT2D eigenvalue weighted by Gasteiger charge is 2.16. The van der Waals surface area contributed by atoms with E-state index in [4.69, 9.17) is 4.74 Å². The van der Waals surface area contributed by atoms with Gasteiger partial charge in [0.2, 0.25) is 0 Å². The van der Waals surface area contributed by atoms with Gasteiger partial charge in [-0.05, 0) is 36.8 Å². The predicted octanol–water partition coefficient (Wildman–Crippen LogP) is 3.67. The van der Waals surface area contributed by atoms with Gasteiger partial charge in [0, 0.05) is 13.6 Å². The second kappa shape index (κ2) is 6.39. The number of hydrogen-bond donors (Lipinski definition) is 0. The molecule has 0 atom stereocenters. The van der Waals surface area contributed by atoms with Crippen LogP contribution in [0.2, 0.25) is 0 Å². The molecule has 4 heteroatoms. The Kier molecular flexibility index (Phi) is 4.58. The van der Waals surface area contributed by atoms with Crippen molar-refractivity contribution < 1.29 is 13.9 Å². The summed E-state index contributed by atoms with van der Waals surface area (Å²) in [4.78, 5) is 13.5. The lowest BCUT2D eigenvalue weighted by molar-refractivity contribution is 0.101. The van der Waals surface area contributed by atoms with Gasteiger partial charge in [0.25, 0.3) is 0 Å². The summed E-state index contributed by atoms with van der Waals surface area (Å²) in [6.45, 7) is 1.93. The minimum absolute atomic E-state index is 0.128. The van der Waals surface area contributed by atoms with Crippen LogP contribution in [0.5, 0.6) is 5.75 Å². The maximum Gasteiger partial charge on any atom is 0.164 e. The third-order valence-corrected chi connectivity index (χ3v) is 3.31. The molecule has 2 aromatic carbocycles. The van der Waals surface area contributed by atoms with Gasteiger partial charge < -0.3 is 9.64 Å². The van der Waals surface area contributed by atoms with E-state index in [1.807, 2.05) is 36.2 Å². The highest BCUT2D eigenvalue weighted by molar-refractivity contribution is 6.00. The topological polar surface area (TPSA) is 29.5 Å². The van der Waals surface area contributed by atoms with E-state index in [1.54, 1.807) is 19.2 Å². The number of carbonyl (C=O) groups excluding carboxylic acids is 1. The van der Waals surface area contributed by atoms with E-state index in [-0.39, 0.29) is 11.3 Å². The average molecular weight is 287 g/mol. The Balaban J connectivity index is 2.30. The fourth-order valence-corrected chi connectivity index (χ4v) is 2.31. The lowest BCUT2D eigenvalue weighted by atomic mass is 10.1. The fraction of sp³-hybridized carbons (Fsp3) is 0.235. The number of benzene rings is 2. The Morgan fingerprint density at radius 1 is 1.24 bits per heavy atom. The van der Waals surface area contributed by atoms with Crippen LogP contribution >= 0.6 is 0 Å². The molecule has 110 valence electrons. The molecule has 0 amide bonds. The number of anilines is 1. The summed E-state index contributed by atoms with van der Waals surface area (Å²) in [5.41, 5.74) is 1.74. The van der Waals surface area contributed by atoms with E-state index in [0.29, 0.717) is 12.2 Å². The molecule has 0 saturated heterocycles. The van der Waals surface area contributed by atoms with Crippen molar-refractivity contribution in [3.8, 4) is 5.75 Å². The van der Waals surface area contributed by atoms with Crippen molar-refractivity contribution in [2.45, 2.75) is 13.5 Å². The van der Waals surface area contributed by atoms with Gasteiger partial charge in [-0.2, -0.15) is 0 Å². The molecule has 21 heavy (non-hydrogen) atoms. The Bertz CT molecular complexity index is 655. The average Bonchev–Trinajstić information content (AvgIpc) is 2.46. The standard InChI is InChI=1S/C17H18FNO2/c1-12(20)17-15(18)8-5-9-16(17)19(2)11-13-6-4-7-14(10-13)21-3/h4-10H,11H2,1-3H3. The van der Waals surface area contributed by atoms with Gasteiger partial charge in [-0.25, -0.2) is 4.39 Å². The minimum Gasteiger partial charge on any atom is -0.497 e. The number of hydrogen-bond acceptors (Lipinski definition) is 3. The molecule has 0 saturated carbocycles. The first-order valence-corrected chi connectivity index (χ1v) is 6.66. The fourth-order valence-electron chi connectivity index (χ4n) is 2.31. The third-order valence-electron chi connectivity index (χ3n) is 3.31. The van der Waals surface area contributed by atoms with Crippen molar-refractivity contribution in [2.24, 2.45) is 0 Å². The van der Waals surface area contributed by atoms with E-state index in [0.717, 1.165) is 11.3 Å². The van der Waals surface area contributed by atoms with Crippen LogP contribution in [-0.4, -0.2) is 19.9 Å². The van der Waals surface area contributed by atoms with Gasteiger partial charge in [-0.3, -0.25) is 4.79 Å². The molecular weight excluding hydrogens is 269 g/mol. The Morgan fingerprint density at radius 2 is 1.95 bits per heavy atom. The first-order chi connectivity index (χ1) is 10.0. The van der Waals surface area contributed by atoms with Crippen LogP contribution in [0.3, 0.4) is 0 Å². The summed E-state index contributed by atoms with van der Waals surface area (Å²) in [5, 5.41) is 0. The highest BCUT2D eigenvalue weighted by atomic mass is 19.1. The second-order valence-corrected chi connectivity index (χ2v) is 4.90. The Hall–Kier alpha value is -2.36. The van der Waals surface area contributed by atoms with Gasteiger partial charge in [0.1, 0.15) is 11.6 Å². The molecule has 0 fully saturated rings. The highest BCUT2D eigenvalue weighted by Crippen LogP contribution is 2.25. The summed E-state index contributed by atoms with van der Waals surface area (Å²) < 4.78 is 19.0. The molecule has 0 unspecified atom stereocenters. The van der Waals surface area contributed by atoms with E-state index in [9.17, 15) is 9.18 Å². The summed E-state index contributed by atoms with van der Waals surface area (Å²) in [6, 6.07) is 12.3. The zero-order chi connectivity index (χ0) is 15.4. The second-order valence-electron chi connectivity index (χ2n) is 4.90. The van der Waals surface area contributed by atoms with E-state index < -0.39 is 5.82 Å². The summed E-state index contributed by atoms with van der Waals surface area (Å²) >= 11 is 0. The van der Waals surface area contributed by atoms with E-state index in [2.05, 4.69) is 0 Å². The molecule has 0 heterocycles. The van der Waals surface area contributed by atoms with Gasteiger partial charge in [0.05, 0.1) is 18.4 Å². The van der Waals surface area contributed by atoms with Gasteiger partial charge >= 0.3 is 0 Å². The lowest BCUT2D eigenvalue weighted by Crippen LogP contribution is -2.19. The molecule has 0 bridgehead atoms. The van der Waals surface area contributed by atoms with E-state index in [1.165, 1.54) is 13.0 Å². The first-order valence-electron chi connectivity index (χ1n) is 6.66. The van der Waals surface area contributed by atoms with Crippen molar-refractivity contribution in [3.05, 3.63) is 59.4 Å². The number of ether oxygens (including phenoxy) is 1. The van der Waals surface area contributed by atoms with Crippen LogP contribution < -0.4 is 9.64 Å². The number of halogens is 1. The maximum atomic E-state index is 13.9. The summed E-state index contributed by atoms with van der Waals surface area (Å²) in [5.74, 6) is 0.00465. The molecule has 0 aliphatic carbocycles. The number of nitrogens with zero attached hydrogens (tertiary/aromatic N) is 1. The molecule has 2 rings (SSSR count). The molecular formula is C17H18FNO2. The first kappa shape index (κ1) is 15.0. The normalized spacial score (nSPS) is 10.3. The van der Waals surface area contributed by atoms with Crippen LogP contribution in [0.25, 0.3) is 0 Å². The molecule has 0 aliphatic rings. The maximum absolute atomic E-state index is 13.9. The van der Waals surface area contributed by atoms with Crippen molar-refractivity contribution in [1.82, 2.24) is 0 Å². The zero-order valence-corrected chi connectivity index (χ0v) is 12.4. The molecule has 3 nitrogen and oxygen atoms in total. The largest absolute Gasteiger partial charge is 0.497 e. The van der Waals surface area contributed by atoms with Crippen molar-refractivity contribution in [1.29, 1.82) is 0 Å². The van der Waals surface area contributed by atoms with Crippen LogP contribution in [0.4, 0.5) is 10.1 Å². The minimum atomic E-state index is -0.488. The van der Waals surface area contributed by atoms with Crippen LogP contribution in [-0.2, 0) is 6.54 Å². The lowest BCUT2D eigenvalue weighted by Gasteiger charge is -2.22. The van der Waals surface area contributed by atoms with Crippen molar-refractivity contribution in [2.75, 3.05) is 19.1 Å². The number of carbonyl (C=O) groups is 1. The van der Waals surface area contributed by atoms with Crippen LogP contribution in [0.15, 0.2) is 42.5 Å². The Labute approximate surface area is 124 Å². The molecule has 0 aromatic heterocycles. The summed E-state index contributed by atoms with van der Waals surface area (Å²) in [6.07, 6.45) is 0. The molecule has 0 spiro atoms. The van der Waals surface area contributed by atoms with Gasteiger partial charge in [-0.1, -0.05) is 18.2 Å². The Morgan fingerprint density at radius 3 is 2.62 bits per heavy atom.